The van der Waals surface area contributed by atoms with Crippen LogP contribution in [0.3, 0.4) is 0 Å². The van der Waals surface area contributed by atoms with E-state index in [1.54, 1.807) is 24.3 Å². The molecule has 1 unspecified atom stereocenters. The molecular formula is C9H7ClO3. The van der Waals surface area contributed by atoms with E-state index in [-0.39, 0.29) is 5.97 Å². The summed E-state index contributed by atoms with van der Waals surface area (Å²) in [4.78, 5) is 11.1. The van der Waals surface area contributed by atoms with Crippen LogP contribution in [0.1, 0.15) is 0 Å². The highest BCUT2D eigenvalue weighted by Gasteiger charge is 2.33. The van der Waals surface area contributed by atoms with Crippen molar-refractivity contribution >= 4 is 17.6 Å². The van der Waals surface area contributed by atoms with Gasteiger partial charge in [0.2, 0.25) is 0 Å². The topological polar surface area (TPSA) is 38.8 Å². The van der Waals surface area contributed by atoms with Gasteiger partial charge in [0.05, 0.1) is 11.6 Å². The maximum Gasteiger partial charge on any atom is 0.343 e. The van der Waals surface area contributed by atoms with Gasteiger partial charge in [-0.3, -0.25) is 0 Å². The lowest BCUT2D eigenvalue weighted by Crippen LogP contribution is -2.14. The lowest BCUT2D eigenvalue weighted by molar-refractivity contribution is -0.135. The molecule has 2 rings (SSSR count). The molecule has 3 nitrogen and oxygen atoms in total. The fourth-order valence-corrected chi connectivity index (χ4v) is 1.06. The second-order valence-corrected chi connectivity index (χ2v) is 3.08. The van der Waals surface area contributed by atoms with E-state index in [0.29, 0.717) is 17.4 Å². The minimum absolute atomic E-state index is 0.379. The van der Waals surface area contributed by atoms with Crippen molar-refractivity contribution in [3.63, 3.8) is 0 Å². The number of carbonyl (C=O) groups is 1. The summed E-state index contributed by atoms with van der Waals surface area (Å²) in [6.07, 6.45) is -0.392. The summed E-state index contributed by atoms with van der Waals surface area (Å²) in [6, 6.07) is 6.83. The number of hydrogen-bond acceptors (Lipinski definition) is 3. The molecule has 1 aromatic carbocycles. The Bertz CT molecular complexity index is 333. The predicted octanol–water partition coefficient (Wildman–Crippen LogP) is 1.64. The number of halogens is 1. The van der Waals surface area contributed by atoms with Gasteiger partial charge in [0, 0.05) is 0 Å². The number of esters is 1. The number of hydrogen-bond donors (Lipinski definition) is 0. The zero-order valence-electron chi connectivity index (χ0n) is 6.70. The third kappa shape index (κ3) is 1.99. The van der Waals surface area contributed by atoms with E-state index in [0.717, 1.165) is 0 Å². The molecule has 0 N–H and O–H groups in total. The maximum atomic E-state index is 11.1. The molecule has 68 valence electrons. The first kappa shape index (κ1) is 8.53. The molecule has 13 heavy (non-hydrogen) atoms. The second-order valence-electron chi connectivity index (χ2n) is 2.67. The Morgan fingerprint density at radius 3 is 2.85 bits per heavy atom. The normalized spacial score (nSPS) is 19.6. The van der Waals surface area contributed by atoms with Crippen LogP contribution in [-0.4, -0.2) is 18.7 Å². The average molecular weight is 199 g/mol. The summed E-state index contributed by atoms with van der Waals surface area (Å²) in [7, 11) is 0. The van der Waals surface area contributed by atoms with Gasteiger partial charge in [0.25, 0.3) is 0 Å². The molecule has 4 heteroatoms. The van der Waals surface area contributed by atoms with E-state index in [2.05, 4.69) is 0 Å². The van der Waals surface area contributed by atoms with Crippen molar-refractivity contribution in [3.05, 3.63) is 29.3 Å². The Hall–Kier alpha value is -1.06. The lowest BCUT2D eigenvalue weighted by Gasteiger charge is -2.02. The van der Waals surface area contributed by atoms with Gasteiger partial charge in [0.1, 0.15) is 5.75 Å². The van der Waals surface area contributed by atoms with Gasteiger partial charge in [-0.15, -0.1) is 0 Å². The summed E-state index contributed by atoms with van der Waals surface area (Å²) in [5, 5.41) is 0.427. The van der Waals surface area contributed by atoms with Crippen LogP contribution < -0.4 is 4.74 Å². The highest BCUT2D eigenvalue weighted by atomic mass is 35.5. The largest absolute Gasteiger partial charge is 0.423 e. The van der Waals surface area contributed by atoms with Crippen molar-refractivity contribution < 1.29 is 14.3 Å². The Morgan fingerprint density at radius 1 is 1.54 bits per heavy atom. The minimum Gasteiger partial charge on any atom is -0.423 e. The molecule has 1 fully saturated rings. The van der Waals surface area contributed by atoms with E-state index in [4.69, 9.17) is 21.1 Å². The molecule has 1 aliphatic heterocycles. The first-order valence-corrected chi connectivity index (χ1v) is 4.23. The van der Waals surface area contributed by atoms with Gasteiger partial charge in [-0.25, -0.2) is 4.79 Å². The SMILES string of the molecule is O=C(Oc1ccccc1Cl)C1CO1. The number of para-hydroxylation sites is 1. The van der Waals surface area contributed by atoms with Crippen molar-refractivity contribution in [1.29, 1.82) is 0 Å². The smallest absolute Gasteiger partial charge is 0.343 e. The van der Waals surface area contributed by atoms with Crippen LogP contribution >= 0.6 is 11.6 Å². The zero-order valence-corrected chi connectivity index (χ0v) is 7.45. The number of rotatable bonds is 2. The number of carbonyl (C=O) groups excluding carboxylic acids is 1. The van der Waals surface area contributed by atoms with E-state index in [1.807, 2.05) is 0 Å². The second kappa shape index (κ2) is 3.36. The van der Waals surface area contributed by atoms with E-state index in [1.165, 1.54) is 0 Å². The van der Waals surface area contributed by atoms with Crippen LogP contribution in [0.25, 0.3) is 0 Å². The van der Waals surface area contributed by atoms with Gasteiger partial charge in [-0.05, 0) is 12.1 Å². The molecule has 1 aromatic rings. The first-order chi connectivity index (χ1) is 6.27. The summed E-state index contributed by atoms with van der Waals surface area (Å²) in [5.41, 5.74) is 0. The lowest BCUT2D eigenvalue weighted by atomic mass is 10.3. The third-order valence-corrected chi connectivity index (χ3v) is 1.96. The minimum atomic E-state index is -0.392. The fraction of sp³-hybridized carbons (Fsp3) is 0.222. The Labute approximate surface area is 80.2 Å². The number of ether oxygens (including phenoxy) is 2. The van der Waals surface area contributed by atoms with E-state index < -0.39 is 6.10 Å². The molecule has 0 radical (unpaired) electrons. The van der Waals surface area contributed by atoms with Crippen LogP contribution in [-0.2, 0) is 9.53 Å². The Kier molecular flexibility index (Phi) is 2.20. The molecule has 1 aliphatic rings. The zero-order chi connectivity index (χ0) is 9.26. The summed E-state index contributed by atoms with van der Waals surface area (Å²) >= 11 is 5.78. The molecule has 1 saturated heterocycles. The Balaban J connectivity index is 2.08. The van der Waals surface area contributed by atoms with Crippen molar-refractivity contribution in [1.82, 2.24) is 0 Å². The quantitative estimate of drug-likeness (QED) is 0.412. The van der Waals surface area contributed by atoms with Gasteiger partial charge < -0.3 is 9.47 Å². The van der Waals surface area contributed by atoms with Crippen LogP contribution in [0, 0.1) is 0 Å². The molecule has 0 spiro atoms. The van der Waals surface area contributed by atoms with Crippen molar-refractivity contribution in [2.45, 2.75) is 6.10 Å². The monoisotopic (exact) mass is 198 g/mol. The maximum absolute atomic E-state index is 11.1. The first-order valence-electron chi connectivity index (χ1n) is 3.85. The standard InChI is InChI=1S/C9H7ClO3/c10-6-3-1-2-4-7(6)13-9(11)8-5-12-8/h1-4,8H,5H2. The summed E-state index contributed by atoms with van der Waals surface area (Å²) < 4.78 is 9.74. The molecule has 1 heterocycles. The summed E-state index contributed by atoms with van der Waals surface area (Å²) in [6.45, 7) is 0.448. The molecule has 0 aromatic heterocycles. The number of benzene rings is 1. The van der Waals surface area contributed by atoms with Crippen molar-refractivity contribution in [3.8, 4) is 5.75 Å². The predicted molar refractivity (Wildman–Crippen MR) is 46.8 cm³/mol. The van der Waals surface area contributed by atoms with Crippen molar-refractivity contribution in [2.75, 3.05) is 6.61 Å². The molecule has 0 aliphatic carbocycles. The number of epoxide rings is 1. The van der Waals surface area contributed by atoms with Crippen molar-refractivity contribution in [2.24, 2.45) is 0 Å². The van der Waals surface area contributed by atoms with E-state index >= 15 is 0 Å². The molecule has 0 amide bonds. The molecule has 0 bridgehead atoms. The van der Waals surface area contributed by atoms with Crippen LogP contribution in [0.15, 0.2) is 24.3 Å². The Morgan fingerprint density at radius 2 is 2.23 bits per heavy atom. The highest BCUT2D eigenvalue weighted by Crippen LogP contribution is 2.24. The van der Waals surface area contributed by atoms with E-state index in [9.17, 15) is 4.79 Å². The molecular weight excluding hydrogens is 192 g/mol. The van der Waals surface area contributed by atoms with Gasteiger partial charge in [-0.1, -0.05) is 23.7 Å². The summed E-state index contributed by atoms with van der Waals surface area (Å²) in [5.74, 6) is -0.00207. The highest BCUT2D eigenvalue weighted by molar-refractivity contribution is 6.32. The van der Waals surface area contributed by atoms with Gasteiger partial charge in [0.15, 0.2) is 6.10 Å². The van der Waals surface area contributed by atoms with Crippen LogP contribution in [0.4, 0.5) is 0 Å². The van der Waals surface area contributed by atoms with Crippen LogP contribution in [0.5, 0.6) is 5.75 Å². The average Bonchev–Trinajstić information content (AvgIpc) is 2.91. The van der Waals surface area contributed by atoms with Gasteiger partial charge in [-0.2, -0.15) is 0 Å². The van der Waals surface area contributed by atoms with Crippen LogP contribution in [0.2, 0.25) is 5.02 Å². The molecule has 0 saturated carbocycles. The van der Waals surface area contributed by atoms with Gasteiger partial charge >= 0.3 is 5.97 Å². The third-order valence-electron chi connectivity index (χ3n) is 1.64. The fourth-order valence-electron chi connectivity index (χ4n) is 0.886. The molecule has 1 atom stereocenters.